The molecule has 36 heavy (non-hydrogen) atoms. The highest BCUT2D eigenvalue weighted by molar-refractivity contribution is 7.84. The predicted molar refractivity (Wildman–Crippen MR) is 129 cm³/mol. The summed E-state index contributed by atoms with van der Waals surface area (Å²) in [6.45, 7) is 0.248. The van der Waals surface area contributed by atoms with Gasteiger partial charge in [-0.15, -0.1) is 0 Å². The van der Waals surface area contributed by atoms with Crippen LogP contribution in [0.2, 0.25) is 0 Å². The Kier molecular flexibility index (Phi) is 6.56. The molecule has 3 aromatic heterocycles. The number of halogens is 1. The maximum atomic E-state index is 14.6. The lowest BCUT2D eigenvalue weighted by atomic mass is 10.1. The number of para-hydroxylation sites is 1. The van der Waals surface area contributed by atoms with Gasteiger partial charge >= 0.3 is 10.3 Å². The molecule has 5 rings (SSSR count). The van der Waals surface area contributed by atoms with E-state index in [4.69, 9.17) is 9.56 Å². The average molecular weight is 514 g/mol. The summed E-state index contributed by atoms with van der Waals surface area (Å²) < 4.78 is 49.0. The molecule has 1 aliphatic rings. The first kappa shape index (κ1) is 24.1. The van der Waals surface area contributed by atoms with E-state index in [1.165, 1.54) is 12.5 Å². The van der Waals surface area contributed by atoms with E-state index in [2.05, 4.69) is 19.5 Å². The van der Waals surface area contributed by atoms with E-state index in [9.17, 15) is 17.6 Å². The SMILES string of the molecule is NS(=O)(=O)OCC1CC(F)C(Nc2ncncc2C(=O)c2ccn(Cc3cc4ccccc4o3)c2)C1. The minimum atomic E-state index is -4.10. The fourth-order valence-electron chi connectivity index (χ4n) is 4.47. The van der Waals surface area contributed by atoms with E-state index < -0.39 is 22.5 Å². The minimum absolute atomic E-state index is 0.103. The highest BCUT2D eigenvalue weighted by Crippen LogP contribution is 2.32. The van der Waals surface area contributed by atoms with Crippen molar-refractivity contribution < 1.29 is 26.2 Å². The van der Waals surface area contributed by atoms with Gasteiger partial charge in [0.2, 0.25) is 0 Å². The van der Waals surface area contributed by atoms with Crippen LogP contribution < -0.4 is 10.5 Å². The smallest absolute Gasteiger partial charge is 0.333 e. The molecular formula is C24H24FN5O5S. The Hall–Kier alpha value is -3.61. The zero-order chi connectivity index (χ0) is 25.3. The lowest BCUT2D eigenvalue weighted by Crippen LogP contribution is -2.27. The van der Waals surface area contributed by atoms with Gasteiger partial charge in [0.25, 0.3) is 0 Å². The number of rotatable bonds is 9. The molecular weight excluding hydrogens is 489 g/mol. The molecule has 4 aromatic rings. The molecule has 0 amide bonds. The van der Waals surface area contributed by atoms with Crippen LogP contribution >= 0.6 is 0 Å². The first-order chi connectivity index (χ1) is 17.2. The number of aromatic nitrogens is 3. The number of hydrogen-bond acceptors (Lipinski definition) is 8. The highest BCUT2D eigenvalue weighted by atomic mass is 32.2. The summed E-state index contributed by atoms with van der Waals surface area (Å²) in [5, 5.41) is 8.85. The molecule has 1 aliphatic carbocycles. The second-order valence-electron chi connectivity index (χ2n) is 8.82. The molecule has 0 spiro atoms. The predicted octanol–water partition coefficient (Wildman–Crippen LogP) is 3.05. The third kappa shape index (κ3) is 5.45. The summed E-state index contributed by atoms with van der Waals surface area (Å²) in [6.07, 6.45) is 5.27. The zero-order valence-electron chi connectivity index (χ0n) is 19.1. The molecule has 3 N–H and O–H groups in total. The quantitative estimate of drug-likeness (QED) is 0.325. The fraction of sp³-hybridized carbons (Fsp3) is 0.292. The number of nitrogens with one attached hydrogen (secondary N) is 1. The first-order valence-electron chi connectivity index (χ1n) is 11.3. The third-order valence-corrected chi connectivity index (χ3v) is 6.62. The van der Waals surface area contributed by atoms with Crippen LogP contribution in [0.25, 0.3) is 11.0 Å². The van der Waals surface area contributed by atoms with Crippen LogP contribution in [0.5, 0.6) is 0 Å². The van der Waals surface area contributed by atoms with Crippen molar-refractivity contribution in [2.75, 3.05) is 11.9 Å². The molecule has 0 bridgehead atoms. The fourth-order valence-corrected chi connectivity index (χ4v) is 4.85. The maximum absolute atomic E-state index is 14.6. The third-order valence-electron chi connectivity index (χ3n) is 6.16. The van der Waals surface area contributed by atoms with Crippen molar-refractivity contribution in [2.24, 2.45) is 11.1 Å². The van der Waals surface area contributed by atoms with Crippen LogP contribution in [0.1, 0.15) is 34.5 Å². The van der Waals surface area contributed by atoms with Crippen LogP contribution in [0.4, 0.5) is 10.2 Å². The molecule has 10 nitrogen and oxygen atoms in total. The average Bonchev–Trinajstić information content (AvgIpc) is 3.56. The lowest BCUT2D eigenvalue weighted by molar-refractivity contribution is 0.103. The number of hydrogen-bond donors (Lipinski definition) is 2. The molecule has 1 saturated carbocycles. The van der Waals surface area contributed by atoms with Crippen LogP contribution in [-0.4, -0.2) is 47.6 Å². The van der Waals surface area contributed by atoms with Crippen molar-refractivity contribution in [3.8, 4) is 0 Å². The molecule has 0 saturated heterocycles. The van der Waals surface area contributed by atoms with Gasteiger partial charge in [0.05, 0.1) is 24.8 Å². The summed E-state index contributed by atoms with van der Waals surface area (Å²) in [6, 6.07) is 10.7. The normalized spacial score (nSPS) is 20.1. The monoisotopic (exact) mass is 513 g/mol. The summed E-state index contributed by atoms with van der Waals surface area (Å²) >= 11 is 0. The maximum Gasteiger partial charge on any atom is 0.333 e. The van der Waals surface area contributed by atoms with Gasteiger partial charge in [-0.1, -0.05) is 18.2 Å². The molecule has 1 aromatic carbocycles. The van der Waals surface area contributed by atoms with E-state index >= 15 is 0 Å². The number of carbonyl (C=O) groups is 1. The molecule has 0 radical (unpaired) electrons. The number of alkyl halides is 1. The number of furan rings is 1. The molecule has 1 fully saturated rings. The van der Waals surface area contributed by atoms with E-state index in [1.807, 2.05) is 34.9 Å². The van der Waals surface area contributed by atoms with Crippen molar-refractivity contribution in [1.82, 2.24) is 14.5 Å². The van der Waals surface area contributed by atoms with Crippen molar-refractivity contribution in [3.05, 3.63) is 78.2 Å². The first-order valence-corrected chi connectivity index (χ1v) is 12.8. The summed E-state index contributed by atoms with van der Waals surface area (Å²) in [5.74, 6) is 0.307. The number of carbonyl (C=O) groups excluding carboxylic acids is 1. The summed E-state index contributed by atoms with van der Waals surface area (Å²) in [4.78, 5) is 21.4. The van der Waals surface area contributed by atoms with Crippen molar-refractivity contribution >= 4 is 32.9 Å². The summed E-state index contributed by atoms with van der Waals surface area (Å²) in [7, 11) is -4.10. The van der Waals surface area contributed by atoms with Gasteiger partial charge in [-0.2, -0.15) is 8.42 Å². The van der Waals surface area contributed by atoms with Gasteiger partial charge < -0.3 is 14.3 Å². The topological polar surface area (TPSA) is 142 Å². The van der Waals surface area contributed by atoms with Crippen LogP contribution in [0.3, 0.4) is 0 Å². The van der Waals surface area contributed by atoms with E-state index in [1.54, 1.807) is 18.5 Å². The van der Waals surface area contributed by atoms with Gasteiger partial charge in [-0.25, -0.2) is 19.5 Å². The van der Waals surface area contributed by atoms with Gasteiger partial charge in [-0.05, 0) is 37.0 Å². The Bertz CT molecular complexity index is 1470. The number of anilines is 1. The molecule has 3 atom stereocenters. The molecule has 3 heterocycles. The number of nitrogens with zero attached hydrogens (tertiary/aromatic N) is 3. The number of benzene rings is 1. The Morgan fingerprint density at radius 3 is 2.92 bits per heavy atom. The van der Waals surface area contributed by atoms with Crippen LogP contribution in [-0.2, 0) is 21.0 Å². The molecule has 0 aliphatic heterocycles. The van der Waals surface area contributed by atoms with Crippen molar-refractivity contribution in [1.29, 1.82) is 0 Å². The Balaban J connectivity index is 1.28. The minimum Gasteiger partial charge on any atom is -0.459 e. The van der Waals surface area contributed by atoms with Gasteiger partial charge in [0.15, 0.2) is 5.78 Å². The molecule has 188 valence electrons. The molecule has 3 unspecified atom stereocenters. The largest absolute Gasteiger partial charge is 0.459 e. The van der Waals surface area contributed by atoms with Crippen molar-refractivity contribution in [3.63, 3.8) is 0 Å². The standard InChI is InChI=1S/C24H24FN5O5S/c25-20-7-15(13-34-36(26,32)33)8-21(20)29-24-19(10-27-14-28-24)23(31)17-5-6-30(11-17)12-18-9-16-3-1-2-4-22(16)35-18/h1-6,9-11,14-15,20-21H,7-8,12-13H2,(H2,26,32,33)(H,27,28,29). The van der Waals surface area contributed by atoms with Crippen molar-refractivity contribution in [2.45, 2.75) is 31.6 Å². The van der Waals surface area contributed by atoms with E-state index in [-0.39, 0.29) is 36.1 Å². The van der Waals surface area contributed by atoms with Crippen LogP contribution in [0.15, 0.2) is 65.7 Å². The Labute approximate surface area is 206 Å². The highest BCUT2D eigenvalue weighted by Gasteiger charge is 2.36. The van der Waals surface area contributed by atoms with Gasteiger partial charge in [0, 0.05) is 29.5 Å². The second-order valence-corrected chi connectivity index (χ2v) is 10.0. The van der Waals surface area contributed by atoms with E-state index in [0.29, 0.717) is 18.5 Å². The second kappa shape index (κ2) is 9.80. The van der Waals surface area contributed by atoms with Crippen LogP contribution in [0, 0.1) is 5.92 Å². The molecule has 12 heteroatoms. The van der Waals surface area contributed by atoms with Gasteiger partial charge in [-0.3, -0.25) is 8.98 Å². The Morgan fingerprint density at radius 1 is 1.28 bits per heavy atom. The van der Waals surface area contributed by atoms with Gasteiger partial charge in [0.1, 0.15) is 29.7 Å². The summed E-state index contributed by atoms with van der Waals surface area (Å²) in [5.41, 5.74) is 1.42. The zero-order valence-corrected chi connectivity index (χ0v) is 19.9. The van der Waals surface area contributed by atoms with E-state index in [0.717, 1.165) is 16.7 Å². The lowest BCUT2D eigenvalue weighted by Gasteiger charge is -2.17. The number of ketones is 1. The number of fused-ring (bicyclic) bond motifs is 1. The Morgan fingerprint density at radius 2 is 2.11 bits per heavy atom. The number of nitrogens with two attached hydrogens (primary N) is 1.